The van der Waals surface area contributed by atoms with Gasteiger partial charge in [0.1, 0.15) is 5.57 Å². The minimum Gasteiger partial charge on any atom is -0.347 e. The van der Waals surface area contributed by atoms with Crippen molar-refractivity contribution >= 4 is 29.9 Å². The molecule has 0 bridgehead atoms. The number of hydrogen-bond acceptors (Lipinski definition) is 6. The average molecular weight is 317 g/mol. The van der Waals surface area contributed by atoms with Crippen molar-refractivity contribution in [3.8, 4) is 0 Å². The Balaban J connectivity index is 2.26. The summed E-state index contributed by atoms with van der Waals surface area (Å²) in [6.45, 7) is 2.24. The molecule has 23 heavy (non-hydrogen) atoms. The maximum Gasteiger partial charge on any atom is 0.331 e. The van der Waals surface area contributed by atoms with Crippen molar-refractivity contribution in [3.63, 3.8) is 0 Å². The lowest BCUT2D eigenvalue weighted by molar-refractivity contribution is -0.130. The van der Waals surface area contributed by atoms with Gasteiger partial charge in [0.25, 0.3) is 11.8 Å². The Morgan fingerprint density at radius 3 is 2.43 bits per heavy atom. The molecule has 0 aliphatic carbocycles. The van der Waals surface area contributed by atoms with Crippen LogP contribution >= 0.6 is 0 Å². The van der Waals surface area contributed by atoms with Crippen LogP contribution in [0.4, 0.5) is 10.7 Å². The third kappa shape index (κ3) is 3.71. The molecule has 1 aliphatic rings. The molecule has 8 heteroatoms. The molecule has 1 aromatic rings. The van der Waals surface area contributed by atoms with Gasteiger partial charge in [-0.1, -0.05) is 13.3 Å². The molecule has 122 valence electrons. The van der Waals surface area contributed by atoms with Crippen LogP contribution < -0.4 is 10.2 Å². The summed E-state index contributed by atoms with van der Waals surface area (Å²) in [6, 6.07) is -0.676. The van der Waals surface area contributed by atoms with Crippen molar-refractivity contribution in [2.24, 2.45) is 0 Å². The van der Waals surface area contributed by atoms with Gasteiger partial charge >= 0.3 is 6.03 Å². The number of nitrogens with zero attached hydrogens (tertiary/aromatic N) is 4. The number of urea groups is 1. The summed E-state index contributed by atoms with van der Waals surface area (Å²) < 4.78 is 0. The summed E-state index contributed by atoms with van der Waals surface area (Å²) in [7, 11) is 3.62. The van der Waals surface area contributed by atoms with Gasteiger partial charge in [0, 0.05) is 38.6 Å². The largest absolute Gasteiger partial charge is 0.347 e. The Labute approximate surface area is 134 Å². The second-order valence-corrected chi connectivity index (χ2v) is 5.34. The highest BCUT2D eigenvalue weighted by Crippen LogP contribution is 2.15. The molecular formula is C15H19N5O3. The summed E-state index contributed by atoms with van der Waals surface area (Å²) in [5.74, 6) is -0.778. The molecule has 0 radical (unpaired) electrons. The van der Waals surface area contributed by atoms with E-state index in [2.05, 4.69) is 15.3 Å². The molecule has 0 unspecified atom stereocenters. The van der Waals surface area contributed by atoms with Crippen LogP contribution in [-0.2, 0) is 9.59 Å². The van der Waals surface area contributed by atoms with Crippen molar-refractivity contribution in [1.29, 1.82) is 0 Å². The van der Waals surface area contributed by atoms with E-state index >= 15 is 0 Å². The summed E-state index contributed by atoms with van der Waals surface area (Å²) in [5.41, 5.74) is 0.417. The lowest BCUT2D eigenvalue weighted by Gasteiger charge is -2.26. The van der Waals surface area contributed by atoms with Crippen molar-refractivity contribution in [3.05, 3.63) is 23.5 Å². The minimum absolute atomic E-state index is 0.0955. The first-order valence-corrected chi connectivity index (χ1v) is 7.32. The number of rotatable bonds is 5. The number of anilines is 1. The van der Waals surface area contributed by atoms with Gasteiger partial charge in [0.2, 0.25) is 5.95 Å². The number of carbonyl (C=O) groups is 3. The monoisotopic (exact) mass is 317 g/mol. The van der Waals surface area contributed by atoms with Crippen LogP contribution in [0.25, 0.3) is 6.08 Å². The lowest BCUT2D eigenvalue weighted by Crippen LogP contribution is -2.54. The number of hydrogen-bond donors (Lipinski definition) is 1. The van der Waals surface area contributed by atoms with E-state index in [1.165, 1.54) is 18.5 Å². The molecule has 1 fully saturated rings. The van der Waals surface area contributed by atoms with Gasteiger partial charge in [0.05, 0.1) is 0 Å². The molecule has 2 rings (SSSR count). The molecule has 0 spiro atoms. The van der Waals surface area contributed by atoms with Gasteiger partial charge in [-0.2, -0.15) is 0 Å². The molecule has 0 atom stereocenters. The van der Waals surface area contributed by atoms with Crippen molar-refractivity contribution in [1.82, 2.24) is 20.2 Å². The molecule has 1 aromatic heterocycles. The van der Waals surface area contributed by atoms with E-state index < -0.39 is 17.8 Å². The smallest absolute Gasteiger partial charge is 0.331 e. The highest BCUT2D eigenvalue weighted by molar-refractivity contribution is 6.30. The van der Waals surface area contributed by atoms with Gasteiger partial charge in [-0.15, -0.1) is 0 Å². The fraction of sp³-hybridized carbons (Fsp3) is 0.400. The molecular weight excluding hydrogens is 298 g/mol. The van der Waals surface area contributed by atoms with Crippen molar-refractivity contribution < 1.29 is 14.4 Å². The number of imide groups is 2. The number of unbranched alkanes of at least 4 members (excludes halogenated alkanes) is 1. The zero-order valence-electron chi connectivity index (χ0n) is 13.4. The Kier molecular flexibility index (Phi) is 5.05. The van der Waals surface area contributed by atoms with Gasteiger partial charge in [0.15, 0.2) is 0 Å². The highest BCUT2D eigenvalue weighted by Gasteiger charge is 2.35. The fourth-order valence-electron chi connectivity index (χ4n) is 2.02. The zero-order chi connectivity index (χ0) is 17.0. The standard InChI is InChI=1S/C15H19N5O3/c1-4-5-6-20-13(22)11(12(21)18-15(20)23)7-10-8-16-14(17-9-10)19(2)3/h7-9H,4-6H2,1-3H3,(H,18,21,23). The van der Waals surface area contributed by atoms with E-state index in [1.54, 1.807) is 4.90 Å². The summed E-state index contributed by atoms with van der Waals surface area (Å²) in [4.78, 5) is 47.1. The van der Waals surface area contributed by atoms with Crippen LogP contribution in [0.5, 0.6) is 0 Å². The Bertz CT molecular complexity index is 652. The first-order chi connectivity index (χ1) is 10.9. The van der Waals surface area contributed by atoms with Crippen LogP contribution in [-0.4, -0.2) is 53.4 Å². The quantitative estimate of drug-likeness (QED) is 0.637. The Morgan fingerprint density at radius 1 is 1.22 bits per heavy atom. The molecule has 1 aliphatic heterocycles. The zero-order valence-corrected chi connectivity index (χ0v) is 13.4. The highest BCUT2D eigenvalue weighted by atomic mass is 16.2. The molecule has 1 N–H and O–H groups in total. The molecule has 4 amide bonds. The van der Waals surface area contributed by atoms with Gasteiger partial charge in [-0.25, -0.2) is 14.8 Å². The van der Waals surface area contributed by atoms with Gasteiger partial charge in [-0.3, -0.25) is 19.8 Å². The third-order valence-corrected chi connectivity index (χ3v) is 3.29. The Hall–Kier alpha value is -2.77. The average Bonchev–Trinajstić information content (AvgIpc) is 2.51. The number of barbiturate groups is 1. The van der Waals surface area contributed by atoms with Crippen LogP contribution in [0.1, 0.15) is 25.3 Å². The maximum atomic E-state index is 12.4. The van der Waals surface area contributed by atoms with Gasteiger partial charge < -0.3 is 4.90 Å². The SMILES string of the molecule is CCCCN1C(=O)NC(=O)C(=Cc2cnc(N(C)C)nc2)C1=O. The second kappa shape index (κ2) is 6.99. The van der Waals surface area contributed by atoms with Crippen LogP contribution in [0, 0.1) is 0 Å². The predicted octanol–water partition coefficient (Wildman–Crippen LogP) is 0.804. The fourth-order valence-corrected chi connectivity index (χ4v) is 2.02. The first kappa shape index (κ1) is 16.6. The Morgan fingerprint density at radius 2 is 1.87 bits per heavy atom. The third-order valence-electron chi connectivity index (χ3n) is 3.29. The second-order valence-electron chi connectivity index (χ2n) is 5.34. The summed E-state index contributed by atoms with van der Waals surface area (Å²) >= 11 is 0. The topological polar surface area (TPSA) is 95.5 Å². The lowest BCUT2D eigenvalue weighted by atomic mass is 10.1. The number of carbonyl (C=O) groups excluding carboxylic acids is 3. The molecule has 0 aromatic carbocycles. The van der Waals surface area contributed by atoms with E-state index in [0.29, 0.717) is 17.9 Å². The van der Waals surface area contributed by atoms with Crippen molar-refractivity contribution in [2.45, 2.75) is 19.8 Å². The van der Waals surface area contributed by atoms with Gasteiger partial charge in [-0.05, 0) is 12.5 Å². The minimum atomic E-state index is -0.704. The van der Waals surface area contributed by atoms with E-state index in [4.69, 9.17) is 0 Å². The van der Waals surface area contributed by atoms with Crippen LogP contribution in [0.2, 0.25) is 0 Å². The predicted molar refractivity (Wildman–Crippen MR) is 84.5 cm³/mol. The molecule has 2 heterocycles. The van der Waals surface area contributed by atoms with Crippen LogP contribution in [0.3, 0.4) is 0 Å². The summed E-state index contributed by atoms with van der Waals surface area (Å²) in [6.07, 6.45) is 5.94. The van der Waals surface area contributed by atoms with E-state index in [-0.39, 0.29) is 12.1 Å². The maximum absolute atomic E-state index is 12.4. The number of aromatic nitrogens is 2. The van der Waals surface area contributed by atoms with E-state index in [1.807, 2.05) is 21.0 Å². The van der Waals surface area contributed by atoms with Crippen LogP contribution in [0.15, 0.2) is 18.0 Å². The normalized spacial score (nSPS) is 16.7. The van der Waals surface area contributed by atoms with E-state index in [0.717, 1.165) is 11.3 Å². The summed E-state index contributed by atoms with van der Waals surface area (Å²) in [5, 5.41) is 2.18. The number of amides is 4. The molecule has 0 saturated carbocycles. The van der Waals surface area contributed by atoms with Crippen molar-refractivity contribution in [2.75, 3.05) is 25.5 Å². The number of nitrogens with one attached hydrogen (secondary N) is 1. The van der Waals surface area contributed by atoms with E-state index in [9.17, 15) is 14.4 Å². The molecule has 1 saturated heterocycles. The molecule has 8 nitrogen and oxygen atoms in total. The first-order valence-electron chi connectivity index (χ1n) is 7.32.